The Morgan fingerprint density at radius 1 is 1.06 bits per heavy atom. The lowest BCUT2D eigenvalue weighted by Crippen LogP contribution is -2.62. The van der Waals surface area contributed by atoms with Crippen LogP contribution in [0.25, 0.3) is 22.0 Å². The lowest BCUT2D eigenvalue weighted by Gasteiger charge is -2.41. The molecule has 6 rings (SSSR count). The largest absolute Gasteiger partial charge is 0.350 e. The Morgan fingerprint density at radius 3 is 2.67 bits per heavy atom. The molecular formula is C27H26FN5O2S. The van der Waals surface area contributed by atoms with Crippen LogP contribution in [-0.2, 0) is 7.05 Å². The molecule has 2 amide bonds. The number of amides is 2. The van der Waals surface area contributed by atoms with E-state index in [9.17, 15) is 14.0 Å². The molecule has 9 heteroatoms. The van der Waals surface area contributed by atoms with Crippen molar-refractivity contribution in [1.29, 1.82) is 0 Å². The molecule has 4 heterocycles. The minimum Gasteiger partial charge on any atom is -0.350 e. The van der Waals surface area contributed by atoms with E-state index in [1.54, 1.807) is 17.0 Å². The Labute approximate surface area is 212 Å². The van der Waals surface area contributed by atoms with E-state index in [4.69, 9.17) is 0 Å². The minimum atomic E-state index is -0.284. The van der Waals surface area contributed by atoms with Crippen molar-refractivity contribution in [2.24, 2.45) is 7.05 Å². The topological polar surface area (TPSA) is 70.5 Å². The fourth-order valence-electron chi connectivity index (χ4n) is 5.24. The van der Waals surface area contributed by atoms with Gasteiger partial charge in [-0.2, -0.15) is 0 Å². The van der Waals surface area contributed by atoms with Gasteiger partial charge in [0.15, 0.2) is 0 Å². The highest BCUT2D eigenvalue weighted by Gasteiger charge is 2.35. The fourth-order valence-corrected chi connectivity index (χ4v) is 5.76. The molecule has 0 aliphatic carbocycles. The van der Waals surface area contributed by atoms with Gasteiger partial charge < -0.3 is 19.7 Å². The first-order valence-electron chi connectivity index (χ1n) is 12.0. The van der Waals surface area contributed by atoms with Crippen LogP contribution in [0.15, 0.2) is 59.6 Å². The summed E-state index contributed by atoms with van der Waals surface area (Å²) in [6.45, 7) is 2.65. The lowest BCUT2D eigenvalue weighted by atomic mass is 10.0. The van der Waals surface area contributed by atoms with Crippen molar-refractivity contribution in [2.45, 2.75) is 18.5 Å². The van der Waals surface area contributed by atoms with Gasteiger partial charge in [0.2, 0.25) is 0 Å². The number of thiazole rings is 1. The summed E-state index contributed by atoms with van der Waals surface area (Å²) in [4.78, 5) is 33.5. The number of rotatable bonds is 5. The number of hydrogen-bond donors (Lipinski definition) is 1. The van der Waals surface area contributed by atoms with Crippen LogP contribution in [0.5, 0.6) is 0 Å². The molecule has 7 nitrogen and oxygen atoms in total. The lowest BCUT2D eigenvalue weighted by molar-refractivity contribution is 0.0553. The summed E-state index contributed by atoms with van der Waals surface area (Å²) in [6.07, 6.45) is 2.87. The Hall–Kier alpha value is -3.56. The number of aromatic nitrogens is 2. The molecule has 36 heavy (non-hydrogen) atoms. The van der Waals surface area contributed by atoms with Gasteiger partial charge in [0.1, 0.15) is 11.5 Å². The molecule has 0 spiro atoms. The average Bonchev–Trinajstić information content (AvgIpc) is 3.61. The van der Waals surface area contributed by atoms with Gasteiger partial charge in [-0.1, -0.05) is 12.1 Å². The van der Waals surface area contributed by atoms with Crippen molar-refractivity contribution >= 4 is 34.1 Å². The number of benzene rings is 2. The zero-order valence-electron chi connectivity index (χ0n) is 19.9. The Kier molecular flexibility index (Phi) is 5.81. The number of nitrogens with zero attached hydrogens (tertiary/aromatic N) is 4. The molecule has 2 aromatic carbocycles. The monoisotopic (exact) mass is 503 g/mol. The summed E-state index contributed by atoms with van der Waals surface area (Å²) in [6, 6.07) is 12.7. The van der Waals surface area contributed by atoms with Crippen LogP contribution in [-0.4, -0.2) is 69.4 Å². The van der Waals surface area contributed by atoms with Crippen LogP contribution in [0.1, 0.15) is 27.3 Å². The van der Waals surface area contributed by atoms with Gasteiger partial charge >= 0.3 is 0 Å². The van der Waals surface area contributed by atoms with Gasteiger partial charge in [-0.25, -0.2) is 9.37 Å². The van der Waals surface area contributed by atoms with Crippen LogP contribution >= 0.6 is 11.3 Å². The third-order valence-electron chi connectivity index (χ3n) is 7.14. The number of nitrogens with one attached hydrogen (secondary N) is 1. The van der Waals surface area contributed by atoms with E-state index in [-0.39, 0.29) is 29.7 Å². The summed E-state index contributed by atoms with van der Waals surface area (Å²) >= 11 is 1.43. The standard InChI is InChI=1S/C27H26FN5O2S/c1-31-14-23(17-3-2-4-19(28)9-17)22-10-18(5-6-25(22)31)26(34)33-12-21(13-33)30-20-7-8-32(11-20)27(35)24-15-36-16-29-24/h2-6,9-10,14-16,20-21,30H,7-8,11-13H2,1H3/t20-/m0/s1. The maximum Gasteiger partial charge on any atom is 0.273 e. The second kappa shape index (κ2) is 9.15. The molecule has 0 bridgehead atoms. The molecule has 1 atom stereocenters. The summed E-state index contributed by atoms with van der Waals surface area (Å²) in [5.41, 5.74) is 5.51. The fraction of sp³-hybridized carbons (Fsp3) is 0.296. The number of aryl methyl sites for hydroxylation is 1. The quantitative estimate of drug-likeness (QED) is 0.450. The first-order valence-corrected chi connectivity index (χ1v) is 13.0. The van der Waals surface area contributed by atoms with Gasteiger partial charge in [-0.15, -0.1) is 11.3 Å². The van der Waals surface area contributed by atoms with Crippen molar-refractivity contribution in [1.82, 2.24) is 24.7 Å². The molecule has 2 aliphatic heterocycles. The van der Waals surface area contributed by atoms with Crippen molar-refractivity contribution in [2.75, 3.05) is 26.2 Å². The van der Waals surface area contributed by atoms with Crippen molar-refractivity contribution in [3.63, 3.8) is 0 Å². The molecule has 0 saturated carbocycles. The van der Waals surface area contributed by atoms with E-state index in [1.165, 1.54) is 23.5 Å². The smallest absolute Gasteiger partial charge is 0.273 e. The van der Waals surface area contributed by atoms with Gasteiger partial charge in [-0.05, 0) is 42.3 Å². The zero-order valence-corrected chi connectivity index (χ0v) is 20.7. The van der Waals surface area contributed by atoms with E-state index in [0.717, 1.165) is 28.5 Å². The van der Waals surface area contributed by atoms with Crippen LogP contribution in [0, 0.1) is 5.82 Å². The molecule has 2 saturated heterocycles. The van der Waals surface area contributed by atoms with Crippen LogP contribution in [0.2, 0.25) is 0 Å². The van der Waals surface area contributed by atoms with Crippen LogP contribution in [0.3, 0.4) is 0 Å². The number of carbonyl (C=O) groups is 2. The SMILES string of the molecule is Cn1cc(-c2cccc(F)c2)c2cc(C(=O)N3CC(N[C@H]4CCN(C(=O)c5cscn5)C4)C3)ccc21. The molecule has 2 fully saturated rings. The van der Waals surface area contributed by atoms with Gasteiger partial charge in [0, 0.05) is 78.9 Å². The Morgan fingerprint density at radius 2 is 1.89 bits per heavy atom. The Bertz CT molecular complexity index is 1440. The average molecular weight is 504 g/mol. The number of fused-ring (bicyclic) bond motifs is 1. The molecule has 4 aromatic rings. The third kappa shape index (κ3) is 4.18. The second-order valence-electron chi connectivity index (χ2n) is 9.58. The maximum absolute atomic E-state index is 13.8. The molecule has 0 unspecified atom stereocenters. The predicted molar refractivity (Wildman–Crippen MR) is 138 cm³/mol. The first kappa shape index (κ1) is 22.9. The molecule has 0 radical (unpaired) electrons. The summed E-state index contributed by atoms with van der Waals surface area (Å²) in [5.74, 6) is -0.302. The highest BCUT2D eigenvalue weighted by atomic mass is 32.1. The highest BCUT2D eigenvalue weighted by molar-refractivity contribution is 7.07. The van der Waals surface area contributed by atoms with E-state index >= 15 is 0 Å². The van der Waals surface area contributed by atoms with E-state index in [1.807, 2.05) is 51.9 Å². The van der Waals surface area contributed by atoms with Crippen LogP contribution < -0.4 is 5.32 Å². The number of likely N-dealkylation sites (tertiary alicyclic amines) is 2. The second-order valence-corrected chi connectivity index (χ2v) is 10.3. The molecule has 1 N–H and O–H groups in total. The van der Waals surface area contributed by atoms with Gasteiger partial charge in [0.25, 0.3) is 11.8 Å². The summed E-state index contributed by atoms with van der Waals surface area (Å²) < 4.78 is 15.8. The molecular weight excluding hydrogens is 477 g/mol. The highest BCUT2D eigenvalue weighted by Crippen LogP contribution is 2.32. The molecule has 2 aliphatic rings. The third-order valence-corrected chi connectivity index (χ3v) is 7.73. The van der Waals surface area contributed by atoms with Crippen LogP contribution in [0.4, 0.5) is 4.39 Å². The normalized spacial score (nSPS) is 18.1. The van der Waals surface area contributed by atoms with E-state index in [0.29, 0.717) is 37.4 Å². The van der Waals surface area contributed by atoms with Gasteiger partial charge in [-0.3, -0.25) is 9.59 Å². The predicted octanol–water partition coefficient (Wildman–Crippen LogP) is 3.77. The van der Waals surface area contributed by atoms with E-state index in [2.05, 4.69) is 10.3 Å². The zero-order chi connectivity index (χ0) is 24.8. The first-order chi connectivity index (χ1) is 17.5. The van der Waals surface area contributed by atoms with Crippen molar-refractivity contribution in [3.8, 4) is 11.1 Å². The van der Waals surface area contributed by atoms with Crippen molar-refractivity contribution in [3.05, 3.63) is 76.6 Å². The van der Waals surface area contributed by atoms with Gasteiger partial charge in [0.05, 0.1) is 5.51 Å². The maximum atomic E-state index is 13.8. The minimum absolute atomic E-state index is 0.00393. The number of hydrogen-bond acceptors (Lipinski definition) is 5. The molecule has 2 aromatic heterocycles. The number of carbonyl (C=O) groups excluding carboxylic acids is 2. The van der Waals surface area contributed by atoms with Crippen molar-refractivity contribution < 1.29 is 14.0 Å². The Balaban J connectivity index is 1.10. The summed E-state index contributed by atoms with van der Waals surface area (Å²) in [7, 11) is 1.95. The van der Waals surface area contributed by atoms with E-state index < -0.39 is 0 Å². The summed E-state index contributed by atoms with van der Waals surface area (Å²) in [5, 5.41) is 6.32. The number of halogens is 1. The molecule has 184 valence electrons.